The van der Waals surface area contributed by atoms with Crippen molar-refractivity contribution in [3.8, 4) is 5.88 Å². The van der Waals surface area contributed by atoms with Gasteiger partial charge in [0.05, 0.1) is 23.7 Å². The smallest absolute Gasteiger partial charge is 0.287 e. The highest BCUT2D eigenvalue weighted by Gasteiger charge is 2.18. The van der Waals surface area contributed by atoms with Crippen molar-refractivity contribution in [1.82, 2.24) is 15.8 Å². The molecule has 2 N–H and O–H groups in total. The molecule has 0 bridgehead atoms. The van der Waals surface area contributed by atoms with Crippen LogP contribution in [0.3, 0.4) is 0 Å². The van der Waals surface area contributed by atoms with Crippen molar-refractivity contribution >= 4 is 34.7 Å². The number of ether oxygens (including phenoxy) is 1. The molecule has 9 nitrogen and oxygen atoms in total. The molecule has 0 radical (unpaired) electrons. The molecule has 0 aliphatic carbocycles. The summed E-state index contributed by atoms with van der Waals surface area (Å²) in [6.45, 7) is 1.45. The first-order valence-corrected chi connectivity index (χ1v) is 8.19. The van der Waals surface area contributed by atoms with Crippen LogP contribution >= 0.6 is 11.6 Å². The molecule has 0 spiro atoms. The molecule has 0 saturated heterocycles. The van der Waals surface area contributed by atoms with E-state index < -0.39 is 5.82 Å². The fourth-order valence-electron chi connectivity index (χ4n) is 2.04. The van der Waals surface area contributed by atoms with E-state index in [1.807, 2.05) is 5.48 Å². The van der Waals surface area contributed by atoms with E-state index in [4.69, 9.17) is 16.3 Å². The number of amidine groups is 1. The molecule has 11 heteroatoms. The summed E-state index contributed by atoms with van der Waals surface area (Å²) in [5.41, 5.74) is 2.04. The molecule has 0 unspecified atom stereocenters. The number of Topliss-reactive ketones (excluding diaryl/α,β-unsaturated/α-hetero) is 2. The Morgan fingerprint density at radius 1 is 1.41 bits per heavy atom. The van der Waals surface area contributed by atoms with Crippen molar-refractivity contribution in [2.24, 2.45) is 4.99 Å². The van der Waals surface area contributed by atoms with Crippen molar-refractivity contribution in [3.05, 3.63) is 34.7 Å². The molecule has 27 heavy (non-hydrogen) atoms. The predicted molar refractivity (Wildman–Crippen MR) is 91.9 cm³/mol. The van der Waals surface area contributed by atoms with Crippen molar-refractivity contribution in [2.45, 2.75) is 26.2 Å². The van der Waals surface area contributed by atoms with E-state index in [1.165, 1.54) is 19.1 Å². The molecular weight excluding hydrogens is 383 g/mol. The lowest BCUT2D eigenvalue weighted by Crippen LogP contribution is -2.21. The van der Waals surface area contributed by atoms with Crippen molar-refractivity contribution in [2.75, 3.05) is 6.61 Å². The number of hydroxylamine groups is 1. The summed E-state index contributed by atoms with van der Waals surface area (Å²) >= 11 is 5.69. The standard InChI is InChI=1S/C16H16ClFN4O5/c1-9(23)7-11(24)3-2-6-26-16-14(21-27-22-16)15(20-25)19-10-4-5-13(18)12(17)8-10/h4-5,8,25H,2-3,6-7H2,1H3,(H,19,20). The van der Waals surface area contributed by atoms with Crippen LogP contribution in [0.2, 0.25) is 5.02 Å². The first kappa shape index (κ1) is 20.5. The van der Waals surface area contributed by atoms with Gasteiger partial charge in [-0.3, -0.25) is 20.3 Å². The number of aliphatic imine (C=N–C) groups is 1. The van der Waals surface area contributed by atoms with Crippen LogP contribution in [0.5, 0.6) is 5.88 Å². The summed E-state index contributed by atoms with van der Waals surface area (Å²) in [6, 6.07) is 3.71. The van der Waals surface area contributed by atoms with Gasteiger partial charge in [0.2, 0.25) is 5.69 Å². The predicted octanol–water partition coefficient (Wildman–Crippen LogP) is 2.63. The molecule has 1 aromatic carbocycles. The third kappa shape index (κ3) is 6.12. The lowest BCUT2D eigenvalue weighted by atomic mass is 10.1. The highest BCUT2D eigenvalue weighted by molar-refractivity contribution is 6.31. The fraction of sp³-hybridized carbons (Fsp3) is 0.312. The average Bonchev–Trinajstić information content (AvgIpc) is 3.07. The van der Waals surface area contributed by atoms with E-state index in [1.54, 1.807) is 0 Å². The third-order valence-electron chi connectivity index (χ3n) is 3.22. The van der Waals surface area contributed by atoms with Gasteiger partial charge in [0.15, 0.2) is 5.84 Å². The minimum atomic E-state index is -0.611. The van der Waals surface area contributed by atoms with E-state index >= 15 is 0 Å². The van der Waals surface area contributed by atoms with E-state index in [9.17, 15) is 19.2 Å². The van der Waals surface area contributed by atoms with Gasteiger partial charge in [-0.2, -0.15) is 0 Å². The summed E-state index contributed by atoms with van der Waals surface area (Å²) in [4.78, 5) is 26.4. The van der Waals surface area contributed by atoms with Crippen molar-refractivity contribution in [3.63, 3.8) is 0 Å². The Morgan fingerprint density at radius 3 is 2.85 bits per heavy atom. The molecule has 0 fully saturated rings. The Balaban J connectivity index is 2.03. The van der Waals surface area contributed by atoms with E-state index in [2.05, 4.69) is 19.9 Å². The fourth-order valence-corrected chi connectivity index (χ4v) is 2.21. The van der Waals surface area contributed by atoms with Gasteiger partial charge in [0, 0.05) is 6.42 Å². The number of hydrogen-bond donors (Lipinski definition) is 2. The van der Waals surface area contributed by atoms with Gasteiger partial charge < -0.3 is 4.74 Å². The second-order valence-electron chi connectivity index (χ2n) is 5.46. The minimum absolute atomic E-state index is 0.0343. The Bertz CT molecular complexity index is 855. The topological polar surface area (TPSA) is 127 Å². The van der Waals surface area contributed by atoms with Crippen LogP contribution in [0.25, 0.3) is 0 Å². The van der Waals surface area contributed by atoms with Gasteiger partial charge in [0.25, 0.3) is 5.88 Å². The SMILES string of the molecule is CC(=O)CC(=O)CCCOc1nonc1C(=Nc1ccc(F)c(Cl)c1)NO. The number of rotatable bonds is 9. The molecule has 0 amide bonds. The van der Waals surface area contributed by atoms with Crippen LogP contribution in [0.1, 0.15) is 31.9 Å². The van der Waals surface area contributed by atoms with Crippen molar-refractivity contribution < 1.29 is 28.6 Å². The number of benzene rings is 1. The van der Waals surface area contributed by atoms with E-state index in [0.29, 0.717) is 6.42 Å². The molecule has 0 saturated carbocycles. The van der Waals surface area contributed by atoms with Crippen LogP contribution in [0.4, 0.5) is 10.1 Å². The maximum atomic E-state index is 13.2. The summed E-state index contributed by atoms with van der Waals surface area (Å²) in [7, 11) is 0. The van der Waals surface area contributed by atoms with Crippen molar-refractivity contribution in [1.29, 1.82) is 0 Å². The number of ketones is 2. The van der Waals surface area contributed by atoms with Gasteiger partial charge in [-0.1, -0.05) is 11.6 Å². The lowest BCUT2D eigenvalue weighted by molar-refractivity contribution is -0.126. The van der Waals surface area contributed by atoms with E-state index in [0.717, 1.165) is 6.07 Å². The number of carbonyl (C=O) groups is 2. The van der Waals surface area contributed by atoms with Crippen LogP contribution in [0.15, 0.2) is 27.8 Å². The maximum Gasteiger partial charge on any atom is 0.287 e. The van der Waals surface area contributed by atoms with Gasteiger partial charge in [-0.25, -0.2) is 14.0 Å². The molecule has 2 rings (SSSR count). The number of nitrogens with zero attached hydrogens (tertiary/aromatic N) is 3. The average molecular weight is 399 g/mol. The highest BCUT2D eigenvalue weighted by atomic mass is 35.5. The zero-order valence-electron chi connectivity index (χ0n) is 14.2. The monoisotopic (exact) mass is 398 g/mol. The first-order chi connectivity index (χ1) is 12.9. The quantitative estimate of drug-likeness (QED) is 0.217. The zero-order valence-corrected chi connectivity index (χ0v) is 15.0. The number of halogens is 2. The van der Waals surface area contributed by atoms with Crippen LogP contribution in [-0.2, 0) is 9.59 Å². The van der Waals surface area contributed by atoms with Crippen LogP contribution in [0, 0.1) is 5.82 Å². The Morgan fingerprint density at radius 2 is 2.19 bits per heavy atom. The normalized spacial score (nSPS) is 11.3. The number of hydrogen-bond acceptors (Lipinski definition) is 8. The summed E-state index contributed by atoms with van der Waals surface area (Å²) in [5, 5.41) is 16.3. The summed E-state index contributed by atoms with van der Waals surface area (Å²) in [5.74, 6) is -1.22. The summed E-state index contributed by atoms with van der Waals surface area (Å²) < 4.78 is 23.2. The molecular formula is C16H16ClFN4O5. The first-order valence-electron chi connectivity index (χ1n) is 7.81. The van der Waals surface area contributed by atoms with E-state index in [-0.39, 0.29) is 59.1 Å². The Hall–Kier alpha value is -2.85. The third-order valence-corrected chi connectivity index (χ3v) is 3.51. The van der Waals surface area contributed by atoms with Gasteiger partial charge in [-0.15, -0.1) is 0 Å². The largest absolute Gasteiger partial charge is 0.474 e. The van der Waals surface area contributed by atoms with Gasteiger partial charge >= 0.3 is 0 Å². The highest BCUT2D eigenvalue weighted by Crippen LogP contribution is 2.23. The minimum Gasteiger partial charge on any atom is -0.474 e. The number of nitrogens with one attached hydrogen (secondary N) is 1. The molecule has 0 aliphatic rings. The second kappa shape index (κ2) is 9.74. The molecule has 144 valence electrons. The molecule has 1 aromatic heterocycles. The van der Waals surface area contributed by atoms with Crippen LogP contribution in [-0.4, -0.2) is 39.5 Å². The molecule has 0 aliphatic heterocycles. The maximum absolute atomic E-state index is 13.2. The van der Waals surface area contributed by atoms with Crippen LogP contribution < -0.4 is 10.2 Å². The number of aromatic nitrogens is 2. The number of carbonyl (C=O) groups excluding carboxylic acids is 2. The second-order valence-corrected chi connectivity index (χ2v) is 5.87. The Labute approximate surface area is 158 Å². The zero-order chi connectivity index (χ0) is 19.8. The molecule has 2 aromatic rings. The van der Waals surface area contributed by atoms with Gasteiger partial charge in [-0.05, 0) is 41.9 Å². The molecule has 1 heterocycles. The van der Waals surface area contributed by atoms with Gasteiger partial charge in [0.1, 0.15) is 17.4 Å². The summed E-state index contributed by atoms with van der Waals surface area (Å²) in [6.07, 6.45) is 0.417. The lowest BCUT2D eigenvalue weighted by Gasteiger charge is -2.05. The molecule has 0 atom stereocenters. The Kier molecular flexibility index (Phi) is 7.38.